The minimum Gasteiger partial charge on any atom is -0.465 e. The minimum atomic E-state index is -1.18. The first-order chi connectivity index (χ1) is 12.1. The molecule has 0 spiro atoms. The van der Waals surface area contributed by atoms with E-state index in [1.165, 1.54) is 14.2 Å². The van der Waals surface area contributed by atoms with Crippen molar-refractivity contribution in [3.05, 3.63) is 47.2 Å². The van der Waals surface area contributed by atoms with Gasteiger partial charge in [-0.25, -0.2) is 9.59 Å². The zero-order valence-electron chi connectivity index (χ0n) is 15.9. The van der Waals surface area contributed by atoms with Crippen molar-refractivity contribution in [1.29, 1.82) is 0 Å². The topological polar surface area (TPSA) is 77.1 Å². The summed E-state index contributed by atoms with van der Waals surface area (Å²) < 4.78 is 9.84. The van der Waals surface area contributed by atoms with Crippen LogP contribution >= 0.6 is 0 Å². The smallest absolute Gasteiger partial charge is 0.376 e. The van der Waals surface area contributed by atoms with Gasteiger partial charge >= 0.3 is 11.9 Å². The van der Waals surface area contributed by atoms with Crippen LogP contribution in [0.1, 0.15) is 33.3 Å². The molecule has 2 aliphatic heterocycles. The molecule has 7 heteroatoms. The number of nitrogens with zero attached hydrogens (tertiary/aromatic N) is 1. The lowest BCUT2D eigenvalue weighted by atomic mass is 9.84. The molecule has 0 bridgehead atoms. The van der Waals surface area contributed by atoms with Gasteiger partial charge < -0.3 is 14.3 Å². The normalized spacial score (nSPS) is 26.2. The van der Waals surface area contributed by atoms with Crippen molar-refractivity contribution < 1.29 is 23.9 Å². The summed E-state index contributed by atoms with van der Waals surface area (Å²) in [5.74, 6) is -1.55. The largest absolute Gasteiger partial charge is 0.465 e. The highest BCUT2D eigenvalue weighted by Crippen LogP contribution is 2.54. The number of hydrogen-bond donors (Lipinski definition) is 1. The Morgan fingerprint density at radius 3 is 2.12 bits per heavy atom. The Morgan fingerprint density at radius 2 is 1.58 bits per heavy atom. The number of benzene rings is 1. The molecule has 1 unspecified atom stereocenters. The first-order valence-corrected chi connectivity index (χ1v) is 8.38. The lowest BCUT2D eigenvalue weighted by Crippen LogP contribution is -2.53. The molecule has 1 aromatic carbocycles. The summed E-state index contributed by atoms with van der Waals surface area (Å²) in [6.45, 7) is 8.01. The number of fused-ring (bicyclic) bond motifs is 1. The Labute approximate surface area is 152 Å². The van der Waals surface area contributed by atoms with Crippen LogP contribution in [0.4, 0.5) is 0 Å². The van der Waals surface area contributed by atoms with E-state index in [0.29, 0.717) is 0 Å². The van der Waals surface area contributed by atoms with Crippen molar-refractivity contribution in [3.8, 4) is 0 Å². The monoisotopic (exact) mass is 360 g/mol. The van der Waals surface area contributed by atoms with Crippen molar-refractivity contribution in [3.63, 3.8) is 0 Å². The Balaban J connectivity index is 2.35. The van der Waals surface area contributed by atoms with Crippen LogP contribution in [0.5, 0.6) is 0 Å². The van der Waals surface area contributed by atoms with Gasteiger partial charge in [0.15, 0.2) is 5.66 Å². The highest BCUT2D eigenvalue weighted by Gasteiger charge is 2.70. The van der Waals surface area contributed by atoms with E-state index in [4.69, 9.17) is 14.3 Å². The maximum absolute atomic E-state index is 12.8. The molecular weight excluding hydrogens is 336 g/mol. The van der Waals surface area contributed by atoms with E-state index in [-0.39, 0.29) is 11.3 Å². The van der Waals surface area contributed by atoms with Gasteiger partial charge in [0.2, 0.25) is 5.76 Å². The van der Waals surface area contributed by atoms with E-state index in [2.05, 4.69) is 5.32 Å². The van der Waals surface area contributed by atoms with Gasteiger partial charge in [-0.15, -0.1) is 5.06 Å². The first kappa shape index (κ1) is 18.4. The number of hydroxylamine groups is 2. The fourth-order valence-corrected chi connectivity index (χ4v) is 3.56. The summed E-state index contributed by atoms with van der Waals surface area (Å²) in [7, 11) is 2.52. The molecule has 0 amide bonds. The second-order valence-corrected chi connectivity index (χ2v) is 7.46. The van der Waals surface area contributed by atoms with Crippen LogP contribution in [-0.2, 0) is 29.6 Å². The van der Waals surface area contributed by atoms with Crippen molar-refractivity contribution in [2.75, 3.05) is 14.2 Å². The van der Waals surface area contributed by atoms with E-state index in [9.17, 15) is 9.59 Å². The predicted octanol–water partition coefficient (Wildman–Crippen LogP) is 1.85. The number of carbonyl (C=O) groups excluding carboxylic acids is 2. The molecule has 1 aromatic rings. The van der Waals surface area contributed by atoms with Gasteiger partial charge in [0.1, 0.15) is 5.57 Å². The van der Waals surface area contributed by atoms with Crippen LogP contribution in [0, 0.1) is 0 Å². The molecule has 1 atom stereocenters. The van der Waals surface area contributed by atoms with E-state index in [0.717, 1.165) is 5.56 Å². The molecule has 0 saturated carbocycles. The van der Waals surface area contributed by atoms with Gasteiger partial charge in [-0.2, -0.15) is 0 Å². The van der Waals surface area contributed by atoms with Gasteiger partial charge in [-0.3, -0.25) is 5.32 Å². The first-order valence-electron chi connectivity index (χ1n) is 8.38. The minimum absolute atomic E-state index is 0.0803. The second-order valence-electron chi connectivity index (χ2n) is 7.46. The van der Waals surface area contributed by atoms with Gasteiger partial charge in [0, 0.05) is 5.54 Å². The van der Waals surface area contributed by atoms with Crippen LogP contribution in [-0.4, -0.2) is 42.3 Å². The Kier molecular flexibility index (Phi) is 4.12. The molecule has 0 radical (unpaired) electrons. The summed E-state index contributed by atoms with van der Waals surface area (Å²) in [6, 6.07) is 9.38. The van der Waals surface area contributed by atoms with E-state index in [1.807, 2.05) is 58.0 Å². The molecule has 1 N–H and O–H groups in total. The SMILES string of the molecule is COC(=O)C1=C(C(=O)OC)C2(c3ccccc3)NC(C)(C)C(C)(C)N2O1. The number of carbonyl (C=O) groups is 2. The molecule has 0 aromatic heterocycles. The second kappa shape index (κ2) is 5.82. The highest BCUT2D eigenvalue weighted by atomic mass is 16.7. The van der Waals surface area contributed by atoms with E-state index < -0.39 is 28.7 Å². The van der Waals surface area contributed by atoms with Crippen LogP contribution < -0.4 is 5.32 Å². The molecule has 3 rings (SSSR count). The predicted molar refractivity (Wildman–Crippen MR) is 93.4 cm³/mol. The third kappa shape index (κ3) is 2.20. The van der Waals surface area contributed by atoms with Gasteiger partial charge in [-0.05, 0) is 33.3 Å². The molecular formula is C19H24N2O5. The van der Waals surface area contributed by atoms with E-state index >= 15 is 0 Å². The average molecular weight is 360 g/mol. The maximum Gasteiger partial charge on any atom is 0.376 e. The van der Waals surface area contributed by atoms with Crippen molar-refractivity contribution in [2.24, 2.45) is 0 Å². The van der Waals surface area contributed by atoms with Crippen molar-refractivity contribution in [1.82, 2.24) is 10.4 Å². The van der Waals surface area contributed by atoms with Crippen LogP contribution in [0.25, 0.3) is 0 Å². The summed E-state index contributed by atoms with van der Waals surface area (Å²) in [6.07, 6.45) is 0. The lowest BCUT2D eigenvalue weighted by Gasteiger charge is -2.38. The fourth-order valence-electron chi connectivity index (χ4n) is 3.56. The maximum atomic E-state index is 12.8. The molecule has 26 heavy (non-hydrogen) atoms. The molecule has 2 heterocycles. The zero-order valence-corrected chi connectivity index (χ0v) is 15.9. The summed E-state index contributed by atoms with van der Waals surface area (Å²) in [5.41, 5.74) is -1.36. The third-order valence-electron chi connectivity index (χ3n) is 5.56. The number of rotatable bonds is 3. The van der Waals surface area contributed by atoms with Crippen molar-refractivity contribution in [2.45, 2.75) is 44.4 Å². The molecule has 7 nitrogen and oxygen atoms in total. The van der Waals surface area contributed by atoms with Gasteiger partial charge in [-0.1, -0.05) is 30.3 Å². The standard InChI is InChI=1S/C19H24N2O5/c1-17(2)18(3,4)21-19(20-17,12-10-8-7-9-11-12)13(15(22)24-5)14(26-21)16(23)25-6/h7-11,20H,1-6H3. The lowest BCUT2D eigenvalue weighted by molar-refractivity contribution is -0.203. The molecule has 1 fully saturated rings. The van der Waals surface area contributed by atoms with Gasteiger partial charge in [0.25, 0.3) is 0 Å². The van der Waals surface area contributed by atoms with Gasteiger partial charge in [0.05, 0.1) is 19.8 Å². The summed E-state index contributed by atoms with van der Waals surface area (Å²) >= 11 is 0. The van der Waals surface area contributed by atoms with Crippen LogP contribution in [0.2, 0.25) is 0 Å². The van der Waals surface area contributed by atoms with E-state index in [1.54, 1.807) is 5.06 Å². The molecule has 2 aliphatic rings. The van der Waals surface area contributed by atoms with Crippen molar-refractivity contribution >= 4 is 11.9 Å². The number of esters is 2. The zero-order chi connectivity index (χ0) is 19.3. The number of nitrogens with one attached hydrogen (secondary N) is 1. The Bertz CT molecular complexity index is 784. The summed E-state index contributed by atoms with van der Waals surface area (Å²) in [5, 5.41) is 5.18. The fraction of sp³-hybridized carbons (Fsp3) is 0.474. The Hall–Kier alpha value is -2.38. The number of ether oxygens (including phenoxy) is 2. The highest BCUT2D eigenvalue weighted by molar-refractivity contribution is 6.01. The average Bonchev–Trinajstić information content (AvgIpc) is 3.03. The Morgan fingerprint density at radius 1 is 1.00 bits per heavy atom. The molecule has 1 saturated heterocycles. The van der Waals surface area contributed by atoms with Crippen LogP contribution in [0.15, 0.2) is 41.7 Å². The van der Waals surface area contributed by atoms with Crippen LogP contribution in [0.3, 0.4) is 0 Å². The summed E-state index contributed by atoms with van der Waals surface area (Å²) in [4.78, 5) is 31.1. The third-order valence-corrected chi connectivity index (χ3v) is 5.56. The molecule has 140 valence electrons. The number of hydrogen-bond acceptors (Lipinski definition) is 7. The quantitative estimate of drug-likeness (QED) is 0.824. The number of methoxy groups -OCH3 is 2. The molecule has 0 aliphatic carbocycles.